The van der Waals surface area contributed by atoms with Crippen LogP contribution in [0.25, 0.3) is 0 Å². The first-order valence-corrected chi connectivity index (χ1v) is 5.54. The van der Waals surface area contributed by atoms with Crippen LogP contribution in [-0.2, 0) is 4.74 Å². The number of carbonyl (C=O) groups is 1. The summed E-state index contributed by atoms with van der Waals surface area (Å²) in [6.45, 7) is 0. The number of ether oxygens (including phenoxy) is 1. The second-order valence-electron chi connectivity index (χ2n) is 2.21. The molecule has 1 aromatic carbocycles. The number of esters is 1. The van der Waals surface area contributed by atoms with Gasteiger partial charge in [0.15, 0.2) is 0 Å². The van der Waals surface area contributed by atoms with Gasteiger partial charge in [-0.25, -0.2) is 4.79 Å². The molecule has 0 fully saturated rings. The van der Waals surface area contributed by atoms with E-state index in [1.54, 1.807) is 12.1 Å². The van der Waals surface area contributed by atoms with Crippen molar-refractivity contribution in [3.63, 3.8) is 0 Å². The van der Waals surface area contributed by atoms with Crippen LogP contribution in [0.2, 0.25) is 5.02 Å². The molecule has 0 aliphatic heterocycles. The van der Waals surface area contributed by atoms with Crippen LogP contribution >= 0.6 is 50.1 Å². The molecule has 0 unspecified atom stereocenters. The molecule has 0 spiro atoms. The van der Waals surface area contributed by atoms with Crippen LogP contribution in [0, 0.1) is 3.57 Å². The summed E-state index contributed by atoms with van der Waals surface area (Å²) in [5, 5.41) is 0.531. The summed E-state index contributed by atoms with van der Waals surface area (Å²) in [6.07, 6.45) is 0. The lowest BCUT2D eigenvalue weighted by Crippen LogP contribution is -2.02. The summed E-state index contributed by atoms with van der Waals surface area (Å²) < 4.78 is 6.05. The zero-order valence-corrected chi connectivity index (χ0v) is 11.1. The highest BCUT2D eigenvalue weighted by atomic mass is 127. The van der Waals surface area contributed by atoms with E-state index in [0.29, 0.717) is 15.1 Å². The molecule has 2 nitrogen and oxygen atoms in total. The predicted molar refractivity (Wildman–Crippen MR) is 63.2 cm³/mol. The molecule has 1 aromatic rings. The second kappa shape index (κ2) is 4.61. The van der Waals surface area contributed by atoms with Crippen LogP contribution < -0.4 is 0 Å². The molecular weight excluding hydrogens is 370 g/mol. The van der Waals surface area contributed by atoms with Gasteiger partial charge in [0, 0.05) is 3.57 Å². The van der Waals surface area contributed by atoms with E-state index in [2.05, 4.69) is 43.3 Å². The number of hydrogen-bond donors (Lipinski definition) is 0. The molecule has 0 saturated heterocycles. The maximum Gasteiger partial charge on any atom is 0.339 e. The van der Waals surface area contributed by atoms with Gasteiger partial charge in [-0.2, -0.15) is 0 Å². The Hall–Kier alpha value is 0.190. The molecule has 5 heteroatoms. The molecule has 0 bridgehead atoms. The summed E-state index contributed by atoms with van der Waals surface area (Å²) in [6, 6.07) is 3.43. The summed E-state index contributed by atoms with van der Waals surface area (Å²) in [5.74, 6) is -0.398. The molecule has 13 heavy (non-hydrogen) atoms. The minimum atomic E-state index is -0.398. The zero-order valence-electron chi connectivity index (χ0n) is 6.61. The van der Waals surface area contributed by atoms with Crippen molar-refractivity contribution in [2.24, 2.45) is 0 Å². The lowest BCUT2D eigenvalue weighted by Gasteiger charge is -2.04. The maximum atomic E-state index is 11.2. The second-order valence-corrected chi connectivity index (χ2v) is 4.55. The van der Waals surface area contributed by atoms with Crippen LogP contribution in [0.15, 0.2) is 16.6 Å². The van der Waals surface area contributed by atoms with Gasteiger partial charge in [0.25, 0.3) is 0 Å². The third-order valence-corrected chi connectivity index (χ3v) is 4.10. The molecule has 0 N–H and O–H groups in total. The Bertz CT molecular complexity index is 354. The number of hydrogen-bond acceptors (Lipinski definition) is 2. The first-order valence-electron chi connectivity index (χ1n) is 3.29. The van der Waals surface area contributed by atoms with Gasteiger partial charge < -0.3 is 4.74 Å². The van der Waals surface area contributed by atoms with Crippen LogP contribution in [0.4, 0.5) is 0 Å². The van der Waals surface area contributed by atoms with Crippen molar-refractivity contribution in [3.05, 3.63) is 30.8 Å². The number of benzene rings is 1. The average Bonchev–Trinajstić information content (AvgIpc) is 2.13. The lowest BCUT2D eigenvalue weighted by molar-refractivity contribution is 0.0599. The molecule has 0 heterocycles. The molecule has 0 radical (unpaired) electrons. The van der Waals surface area contributed by atoms with E-state index in [1.807, 2.05) is 0 Å². The van der Waals surface area contributed by atoms with Crippen molar-refractivity contribution < 1.29 is 9.53 Å². The standard InChI is InChI=1S/C8H5BrClIO2/c1-13-8(12)4-2-3-5(11)7(10)6(4)9/h2-3H,1H3. The van der Waals surface area contributed by atoms with Crippen molar-refractivity contribution in [3.8, 4) is 0 Å². The molecule has 0 aliphatic rings. The predicted octanol–water partition coefficient (Wildman–Crippen LogP) is 3.49. The van der Waals surface area contributed by atoms with Crippen LogP contribution in [0.1, 0.15) is 10.4 Å². The Morgan fingerprint density at radius 1 is 1.62 bits per heavy atom. The van der Waals surface area contributed by atoms with E-state index in [4.69, 9.17) is 11.6 Å². The fourth-order valence-corrected chi connectivity index (χ4v) is 2.29. The highest BCUT2D eigenvalue weighted by Gasteiger charge is 2.14. The van der Waals surface area contributed by atoms with E-state index < -0.39 is 5.97 Å². The molecular formula is C8H5BrClIO2. The number of carbonyl (C=O) groups excluding carboxylic acids is 1. The van der Waals surface area contributed by atoms with E-state index in [0.717, 1.165) is 3.57 Å². The normalized spacial score (nSPS) is 9.85. The Balaban J connectivity index is 3.26. The summed E-state index contributed by atoms with van der Waals surface area (Å²) >= 11 is 11.2. The van der Waals surface area contributed by atoms with Gasteiger partial charge >= 0.3 is 5.97 Å². The molecule has 70 valence electrons. The Kier molecular flexibility index (Phi) is 4.00. The summed E-state index contributed by atoms with van der Waals surface area (Å²) in [5.41, 5.74) is 0.438. The topological polar surface area (TPSA) is 26.3 Å². The van der Waals surface area contributed by atoms with Gasteiger partial charge in [0.1, 0.15) is 0 Å². The lowest BCUT2D eigenvalue weighted by atomic mass is 10.2. The zero-order chi connectivity index (χ0) is 10.0. The van der Waals surface area contributed by atoms with Crippen molar-refractivity contribution in [2.45, 2.75) is 0 Å². The van der Waals surface area contributed by atoms with Gasteiger partial charge in [-0.1, -0.05) is 11.6 Å². The third-order valence-electron chi connectivity index (χ3n) is 1.44. The highest BCUT2D eigenvalue weighted by molar-refractivity contribution is 14.1. The van der Waals surface area contributed by atoms with Gasteiger partial charge in [0.2, 0.25) is 0 Å². The van der Waals surface area contributed by atoms with Crippen molar-refractivity contribution in [1.29, 1.82) is 0 Å². The third kappa shape index (κ3) is 2.35. The SMILES string of the molecule is COC(=O)c1ccc(I)c(Cl)c1Br. The molecule has 0 aliphatic carbocycles. The fourth-order valence-electron chi connectivity index (χ4n) is 0.794. The summed E-state index contributed by atoms with van der Waals surface area (Å²) in [4.78, 5) is 11.2. The maximum absolute atomic E-state index is 11.2. The van der Waals surface area contributed by atoms with E-state index in [1.165, 1.54) is 7.11 Å². The van der Waals surface area contributed by atoms with E-state index in [-0.39, 0.29) is 0 Å². The van der Waals surface area contributed by atoms with Crippen molar-refractivity contribution in [1.82, 2.24) is 0 Å². The van der Waals surface area contributed by atoms with Crippen LogP contribution in [0.5, 0.6) is 0 Å². The first-order chi connectivity index (χ1) is 6.07. The number of halogens is 3. The molecule has 0 amide bonds. The Labute approximate surface area is 103 Å². The van der Waals surface area contributed by atoms with Gasteiger partial charge in [0.05, 0.1) is 22.2 Å². The minimum absolute atomic E-state index is 0.398. The highest BCUT2D eigenvalue weighted by Crippen LogP contribution is 2.31. The summed E-state index contributed by atoms with van der Waals surface area (Å²) in [7, 11) is 1.33. The quantitative estimate of drug-likeness (QED) is 0.427. The van der Waals surface area contributed by atoms with E-state index in [9.17, 15) is 4.79 Å². The largest absolute Gasteiger partial charge is 0.465 e. The smallest absolute Gasteiger partial charge is 0.339 e. The molecule has 0 atom stereocenters. The van der Waals surface area contributed by atoms with Gasteiger partial charge in [-0.15, -0.1) is 0 Å². The average molecular weight is 375 g/mol. The number of rotatable bonds is 1. The first kappa shape index (κ1) is 11.3. The Morgan fingerprint density at radius 3 is 2.77 bits per heavy atom. The van der Waals surface area contributed by atoms with Gasteiger partial charge in [-0.05, 0) is 50.7 Å². The van der Waals surface area contributed by atoms with Crippen molar-refractivity contribution in [2.75, 3.05) is 7.11 Å². The monoisotopic (exact) mass is 374 g/mol. The van der Waals surface area contributed by atoms with Gasteiger partial charge in [-0.3, -0.25) is 0 Å². The van der Waals surface area contributed by atoms with Crippen LogP contribution in [-0.4, -0.2) is 13.1 Å². The van der Waals surface area contributed by atoms with Crippen LogP contribution in [0.3, 0.4) is 0 Å². The molecule has 1 rings (SSSR count). The van der Waals surface area contributed by atoms with Crippen molar-refractivity contribution >= 4 is 56.1 Å². The molecule has 0 aromatic heterocycles. The molecule has 0 saturated carbocycles. The Morgan fingerprint density at radius 2 is 2.23 bits per heavy atom. The minimum Gasteiger partial charge on any atom is -0.465 e. The number of methoxy groups -OCH3 is 1. The fraction of sp³-hybridized carbons (Fsp3) is 0.125. The van der Waals surface area contributed by atoms with E-state index >= 15 is 0 Å².